The van der Waals surface area contributed by atoms with E-state index < -0.39 is 12.1 Å². The van der Waals surface area contributed by atoms with Gasteiger partial charge in [0, 0.05) is 18.1 Å². The number of phenolic OH excluding ortho intramolecular Hbond substituents is 1. The first kappa shape index (κ1) is 14.7. The summed E-state index contributed by atoms with van der Waals surface area (Å²) >= 11 is 5.77. The fraction of sp³-hybridized carbons (Fsp3) is 0.429. The molecule has 0 radical (unpaired) electrons. The Morgan fingerprint density at radius 2 is 2.00 bits per heavy atom. The van der Waals surface area contributed by atoms with Crippen molar-refractivity contribution in [2.24, 2.45) is 0 Å². The zero-order valence-corrected chi connectivity index (χ0v) is 11.9. The molecular weight excluding hydrogens is 282 g/mol. The van der Waals surface area contributed by atoms with Crippen molar-refractivity contribution >= 4 is 23.5 Å². The maximum atomic E-state index is 12.0. The van der Waals surface area contributed by atoms with E-state index in [2.05, 4.69) is 0 Å². The summed E-state index contributed by atoms with van der Waals surface area (Å²) in [6.45, 7) is 2.92. The molecule has 1 fully saturated rings. The highest BCUT2D eigenvalue weighted by molar-refractivity contribution is 6.31. The molecule has 0 unspecified atom stereocenters. The number of amides is 1. The molecule has 0 aliphatic carbocycles. The summed E-state index contributed by atoms with van der Waals surface area (Å²) in [6, 6.07) is 4.09. The van der Waals surface area contributed by atoms with Gasteiger partial charge in [0.1, 0.15) is 11.3 Å². The Morgan fingerprint density at radius 3 is 2.65 bits per heavy atom. The minimum absolute atomic E-state index is 0.0430. The lowest BCUT2D eigenvalue weighted by molar-refractivity contribution is -0.138. The van der Waals surface area contributed by atoms with Gasteiger partial charge in [0.05, 0.1) is 0 Å². The van der Waals surface area contributed by atoms with Gasteiger partial charge in [-0.25, -0.2) is 4.79 Å². The Kier molecular flexibility index (Phi) is 4.49. The third kappa shape index (κ3) is 3.22. The van der Waals surface area contributed by atoms with E-state index in [0.717, 1.165) is 12.8 Å². The zero-order valence-electron chi connectivity index (χ0n) is 11.1. The highest BCUT2D eigenvalue weighted by Gasteiger charge is 2.27. The number of rotatable bonds is 3. The molecule has 0 aromatic heterocycles. The second-order valence-electron chi connectivity index (χ2n) is 4.74. The maximum absolute atomic E-state index is 12.0. The monoisotopic (exact) mass is 297 g/mol. The van der Waals surface area contributed by atoms with Crippen LogP contribution in [0.3, 0.4) is 0 Å². The summed E-state index contributed by atoms with van der Waals surface area (Å²) in [5.41, 5.74) is -0.0430. The number of hydrogen-bond acceptors (Lipinski definition) is 4. The Morgan fingerprint density at radius 1 is 1.35 bits per heavy atom. The summed E-state index contributed by atoms with van der Waals surface area (Å²) in [5, 5.41) is 9.93. The lowest BCUT2D eigenvalue weighted by atomic mass is 10.2. The van der Waals surface area contributed by atoms with Gasteiger partial charge in [-0.3, -0.25) is 4.79 Å². The van der Waals surface area contributed by atoms with Crippen molar-refractivity contribution in [1.82, 2.24) is 4.90 Å². The molecular formula is C14H16ClNO4. The van der Waals surface area contributed by atoms with Crippen LogP contribution in [0.2, 0.25) is 5.02 Å². The molecule has 1 heterocycles. The second kappa shape index (κ2) is 6.13. The quantitative estimate of drug-likeness (QED) is 0.869. The molecule has 1 N–H and O–H groups in total. The number of ether oxygens (including phenoxy) is 1. The number of halogens is 1. The van der Waals surface area contributed by atoms with Gasteiger partial charge < -0.3 is 14.7 Å². The van der Waals surface area contributed by atoms with E-state index in [9.17, 15) is 14.7 Å². The van der Waals surface area contributed by atoms with Crippen molar-refractivity contribution in [3.8, 4) is 5.75 Å². The Balaban J connectivity index is 2.03. The number of nitrogens with zero attached hydrogens (tertiary/aromatic N) is 1. The van der Waals surface area contributed by atoms with Gasteiger partial charge in [0.2, 0.25) is 0 Å². The molecule has 1 aromatic rings. The summed E-state index contributed by atoms with van der Waals surface area (Å²) in [5.74, 6) is -1.19. The Bertz CT molecular complexity index is 526. The molecule has 0 spiro atoms. The predicted octanol–water partition coefficient (Wildman–Crippen LogP) is 2.21. The largest absolute Gasteiger partial charge is 0.507 e. The van der Waals surface area contributed by atoms with E-state index in [1.807, 2.05) is 0 Å². The summed E-state index contributed by atoms with van der Waals surface area (Å²) in [7, 11) is 0. The number of phenols is 1. The average Bonchev–Trinajstić information content (AvgIpc) is 2.94. The van der Waals surface area contributed by atoms with Gasteiger partial charge in [-0.1, -0.05) is 11.6 Å². The summed E-state index contributed by atoms with van der Waals surface area (Å²) < 4.78 is 5.10. The molecule has 108 valence electrons. The van der Waals surface area contributed by atoms with Crippen LogP contribution in [0.15, 0.2) is 18.2 Å². The molecule has 1 aliphatic rings. The normalized spacial score (nSPS) is 16.0. The van der Waals surface area contributed by atoms with Crippen LogP contribution < -0.4 is 0 Å². The van der Waals surface area contributed by atoms with Gasteiger partial charge >= 0.3 is 5.97 Å². The molecule has 2 rings (SSSR count). The highest BCUT2D eigenvalue weighted by Crippen LogP contribution is 2.23. The number of carbonyl (C=O) groups excluding carboxylic acids is 2. The fourth-order valence-corrected chi connectivity index (χ4v) is 2.31. The Labute approximate surface area is 122 Å². The van der Waals surface area contributed by atoms with Crippen molar-refractivity contribution in [3.05, 3.63) is 28.8 Å². The van der Waals surface area contributed by atoms with E-state index in [1.165, 1.54) is 25.1 Å². The molecule has 1 saturated heterocycles. The van der Waals surface area contributed by atoms with Crippen molar-refractivity contribution in [2.75, 3.05) is 13.1 Å². The van der Waals surface area contributed by atoms with Crippen LogP contribution in [-0.2, 0) is 9.53 Å². The smallest absolute Gasteiger partial charge is 0.342 e. The first-order valence-corrected chi connectivity index (χ1v) is 6.85. The van der Waals surface area contributed by atoms with E-state index in [4.69, 9.17) is 16.3 Å². The summed E-state index contributed by atoms with van der Waals surface area (Å²) in [4.78, 5) is 25.6. The molecule has 0 saturated carbocycles. The summed E-state index contributed by atoms with van der Waals surface area (Å²) in [6.07, 6.45) is 1.07. The van der Waals surface area contributed by atoms with E-state index >= 15 is 0 Å². The average molecular weight is 298 g/mol. The molecule has 6 heteroatoms. The van der Waals surface area contributed by atoms with Crippen molar-refractivity contribution in [3.63, 3.8) is 0 Å². The first-order valence-electron chi connectivity index (χ1n) is 6.47. The van der Waals surface area contributed by atoms with Crippen LogP contribution in [-0.4, -0.2) is 41.1 Å². The lowest BCUT2D eigenvalue weighted by Crippen LogP contribution is -2.38. The number of carbonyl (C=O) groups is 2. The van der Waals surface area contributed by atoms with Crippen LogP contribution in [0.4, 0.5) is 0 Å². The Hall–Kier alpha value is -1.75. The number of benzene rings is 1. The van der Waals surface area contributed by atoms with E-state index in [0.29, 0.717) is 18.1 Å². The molecule has 1 aliphatic heterocycles. The number of hydrogen-bond donors (Lipinski definition) is 1. The second-order valence-corrected chi connectivity index (χ2v) is 5.18. The van der Waals surface area contributed by atoms with Crippen molar-refractivity contribution < 1.29 is 19.4 Å². The molecule has 1 atom stereocenters. The first-order chi connectivity index (χ1) is 9.49. The number of esters is 1. The van der Waals surface area contributed by atoms with E-state index in [-0.39, 0.29) is 17.2 Å². The topological polar surface area (TPSA) is 66.8 Å². The predicted molar refractivity (Wildman–Crippen MR) is 73.8 cm³/mol. The maximum Gasteiger partial charge on any atom is 0.342 e. The minimum atomic E-state index is -0.876. The van der Waals surface area contributed by atoms with Crippen LogP contribution >= 0.6 is 11.6 Å². The van der Waals surface area contributed by atoms with Gasteiger partial charge in [-0.2, -0.15) is 0 Å². The van der Waals surface area contributed by atoms with Crippen LogP contribution in [0.1, 0.15) is 30.1 Å². The molecule has 5 nitrogen and oxygen atoms in total. The highest BCUT2D eigenvalue weighted by atomic mass is 35.5. The minimum Gasteiger partial charge on any atom is -0.507 e. The number of likely N-dealkylation sites (tertiary alicyclic amines) is 1. The molecule has 20 heavy (non-hydrogen) atoms. The van der Waals surface area contributed by atoms with Gasteiger partial charge in [-0.15, -0.1) is 0 Å². The van der Waals surface area contributed by atoms with Gasteiger partial charge in [0.15, 0.2) is 6.10 Å². The van der Waals surface area contributed by atoms with Crippen molar-refractivity contribution in [1.29, 1.82) is 0 Å². The fourth-order valence-electron chi connectivity index (χ4n) is 2.14. The lowest BCUT2D eigenvalue weighted by Gasteiger charge is -2.20. The zero-order chi connectivity index (χ0) is 14.7. The SMILES string of the molecule is C[C@H](OC(=O)c1cc(Cl)ccc1O)C(=O)N1CCCC1. The van der Waals surface area contributed by atoms with Crippen LogP contribution in [0.5, 0.6) is 5.75 Å². The van der Waals surface area contributed by atoms with Crippen LogP contribution in [0.25, 0.3) is 0 Å². The van der Waals surface area contributed by atoms with Crippen LogP contribution in [0, 0.1) is 0 Å². The third-order valence-corrected chi connectivity index (χ3v) is 3.46. The van der Waals surface area contributed by atoms with Crippen molar-refractivity contribution in [2.45, 2.75) is 25.9 Å². The third-order valence-electron chi connectivity index (χ3n) is 3.23. The van der Waals surface area contributed by atoms with Gasteiger partial charge in [0.25, 0.3) is 5.91 Å². The van der Waals surface area contributed by atoms with E-state index in [1.54, 1.807) is 4.90 Å². The molecule has 0 bridgehead atoms. The number of aromatic hydroxyl groups is 1. The standard InChI is InChI=1S/C14H16ClNO4/c1-9(13(18)16-6-2-3-7-16)20-14(19)11-8-10(15)4-5-12(11)17/h4-5,8-9,17H,2-3,6-7H2,1H3/t9-/m0/s1. The molecule has 1 amide bonds. The molecule has 1 aromatic carbocycles. The van der Waals surface area contributed by atoms with Gasteiger partial charge in [-0.05, 0) is 38.0 Å².